The van der Waals surface area contributed by atoms with Gasteiger partial charge < -0.3 is 15.6 Å². The number of rotatable bonds is 4. The predicted octanol–water partition coefficient (Wildman–Crippen LogP) is 0.923. The zero-order valence-electron chi connectivity index (χ0n) is 12.3. The molecule has 0 saturated heterocycles. The summed E-state index contributed by atoms with van der Waals surface area (Å²) in [7, 11) is 1.54. The lowest BCUT2D eigenvalue weighted by molar-refractivity contribution is 0.0317. The maximum absolute atomic E-state index is 11.5. The normalized spacial score (nSPS) is 15.8. The van der Waals surface area contributed by atoms with Crippen molar-refractivity contribution < 1.29 is 14.6 Å². The van der Waals surface area contributed by atoms with Crippen molar-refractivity contribution in [2.24, 2.45) is 5.73 Å². The molecule has 0 spiro atoms. The summed E-state index contributed by atoms with van der Waals surface area (Å²) in [6, 6.07) is 3.71. The molecule has 0 unspecified atom stereocenters. The summed E-state index contributed by atoms with van der Waals surface area (Å²) in [5, 5.41) is 9.91. The van der Waals surface area contributed by atoms with Gasteiger partial charge in [-0.3, -0.25) is 9.69 Å². The van der Waals surface area contributed by atoms with Crippen LogP contribution in [0.5, 0.6) is 5.75 Å². The van der Waals surface area contributed by atoms with Gasteiger partial charge in [0.2, 0.25) is 0 Å². The van der Waals surface area contributed by atoms with Gasteiger partial charge in [-0.2, -0.15) is 0 Å². The smallest absolute Gasteiger partial charge is 0.252 e. The van der Waals surface area contributed by atoms with Gasteiger partial charge in [-0.05, 0) is 43.5 Å². The number of ether oxygens (including phenoxy) is 1. The van der Waals surface area contributed by atoms with E-state index in [0.717, 1.165) is 18.5 Å². The molecule has 0 saturated carbocycles. The number of primary amides is 1. The summed E-state index contributed by atoms with van der Waals surface area (Å²) in [6.07, 6.45) is 0.876. The highest BCUT2D eigenvalue weighted by molar-refractivity contribution is 5.96. The third-order valence-electron chi connectivity index (χ3n) is 3.49. The largest absolute Gasteiger partial charge is 0.496 e. The molecule has 1 heterocycles. The molecule has 0 bridgehead atoms. The number of fused-ring (bicyclic) bond motifs is 1. The molecule has 1 amide bonds. The molecule has 2 rings (SSSR count). The number of amides is 1. The standard InChI is InChI=1S/C15H22N2O3/c1-15(2,19)9-17-5-4-10-7-13(20-3)12(14(16)18)6-11(10)8-17/h6-7,19H,4-5,8-9H2,1-3H3,(H2,16,18). The maximum atomic E-state index is 11.5. The van der Waals surface area contributed by atoms with Crippen LogP contribution in [0.4, 0.5) is 0 Å². The van der Waals surface area contributed by atoms with Crippen LogP contribution in [0, 0.1) is 0 Å². The molecule has 5 nitrogen and oxygen atoms in total. The molecule has 20 heavy (non-hydrogen) atoms. The van der Waals surface area contributed by atoms with Gasteiger partial charge in [-0.1, -0.05) is 0 Å². The second-order valence-corrected chi connectivity index (χ2v) is 5.96. The first-order chi connectivity index (χ1) is 9.30. The number of nitrogens with zero attached hydrogens (tertiary/aromatic N) is 1. The molecule has 1 aliphatic rings. The first-order valence-electron chi connectivity index (χ1n) is 6.74. The molecule has 0 radical (unpaired) electrons. The molecule has 0 atom stereocenters. The van der Waals surface area contributed by atoms with E-state index in [4.69, 9.17) is 10.5 Å². The Hall–Kier alpha value is -1.59. The highest BCUT2D eigenvalue weighted by Crippen LogP contribution is 2.28. The van der Waals surface area contributed by atoms with Crippen LogP contribution in [0.15, 0.2) is 12.1 Å². The first kappa shape index (κ1) is 14.8. The summed E-state index contributed by atoms with van der Waals surface area (Å²) >= 11 is 0. The van der Waals surface area contributed by atoms with Gasteiger partial charge in [0.15, 0.2) is 0 Å². The van der Waals surface area contributed by atoms with Gasteiger partial charge in [0, 0.05) is 19.6 Å². The molecular weight excluding hydrogens is 256 g/mol. The van der Waals surface area contributed by atoms with E-state index in [0.29, 0.717) is 24.4 Å². The number of carbonyl (C=O) groups is 1. The fourth-order valence-electron chi connectivity index (χ4n) is 2.69. The van der Waals surface area contributed by atoms with Crippen molar-refractivity contribution >= 4 is 5.91 Å². The van der Waals surface area contributed by atoms with Crippen molar-refractivity contribution in [2.45, 2.75) is 32.4 Å². The van der Waals surface area contributed by atoms with E-state index in [1.54, 1.807) is 13.8 Å². The molecule has 110 valence electrons. The van der Waals surface area contributed by atoms with E-state index in [9.17, 15) is 9.90 Å². The highest BCUT2D eigenvalue weighted by Gasteiger charge is 2.24. The van der Waals surface area contributed by atoms with Crippen LogP contribution in [0.25, 0.3) is 0 Å². The minimum Gasteiger partial charge on any atom is -0.496 e. The lowest BCUT2D eigenvalue weighted by Gasteiger charge is -2.33. The van der Waals surface area contributed by atoms with Gasteiger partial charge in [-0.25, -0.2) is 0 Å². The van der Waals surface area contributed by atoms with E-state index >= 15 is 0 Å². The fourth-order valence-corrected chi connectivity index (χ4v) is 2.69. The number of benzene rings is 1. The van der Waals surface area contributed by atoms with E-state index in [1.807, 2.05) is 12.1 Å². The second kappa shape index (κ2) is 5.42. The Morgan fingerprint density at radius 2 is 2.15 bits per heavy atom. The van der Waals surface area contributed by atoms with Crippen LogP contribution in [0.1, 0.15) is 35.3 Å². The monoisotopic (exact) mass is 278 g/mol. The zero-order valence-corrected chi connectivity index (χ0v) is 12.3. The first-order valence-corrected chi connectivity index (χ1v) is 6.74. The Bertz CT molecular complexity index is 521. The number of β-amino-alcohol motifs (C(OH)–C–C–N with tert-alkyl or cyclic N) is 1. The van der Waals surface area contributed by atoms with E-state index in [2.05, 4.69) is 4.90 Å². The van der Waals surface area contributed by atoms with Crippen LogP contribution in [-0.2, 0) is 13.0 Å². The van der Waals surface area contributed by atoms with E-state index in [1.165, 1.54) is 12.7 Å². The fraction of sp³-hybridized carbons (Fsp3) is 0.533. The third kappa shape index (κ3) is 3.29. The van der Waals surface area contributed by atoms with Crippen LogP contribution < -0.4 is 10.5 Å². The third-order valence-corrected chi connectivity index (χ3v) is 3.49. The summed E-state index contributed by atoms with van der Waals surface area (Å²) in [6.45, 7) is 5.79. The molecule has 3 N–H and O–H groups in total. The Morgan fingerprint density at radius 1 is 1.45 bits per heavy atom. The summed E-state index contributed by atoms with van der Waals surface area (Å²) in [5.41, 5.74) is 7.33. The number of hydrogen-bond donors (Lipinski definition) is 2. The lowest BCUT2D eigenvalue weighted by Crippen LogP contribution is -2.41. The molecule has 0 aromatic heterocycles. The number of nitrogens with two attached hydrogens (primary N) is 1. The Labute approximate surface area is 119 Å². The molecule has 0 aliphatic carbocycles. The van der Waals surface area contributed by atoms with Gasteiger partial charge in [-0.15, -0.1) is 0 Å². The van der Waals surface area contributed by atoms with Crippen LogP contribution in [0.2, 0.25) is 0 Å². The Balaban J connectivity index is 2.27. The Kier molecular flexibility index (Phi) is 4.01. The summed E-state index contributed by atoms with van der Waals surface area (Å²) < 4.78 is 5.23. The van der Waals surface area contributed by atoms with Crippen LogP contribution in [-0.4, -0.2) is 41.7 Å². The number of aliphatic hydroxyl groups is 1. The van der Waals surface area contributed by atoms with Crippen molar-refractivity contribution in [3.8, 4) is 5.75 Å². The number of hydrogen-bond acceptors (Lipinski definition) is 4. The van der Waals surface area contributed by atoms with Crippen molar-refractivity contribution in [1.29, 1.82) is 0 Å². The average molecular weight is 278 g/mol. The minimum atomic E-state index is -0.726. The SMILES string of the molecule is COc1cc2c(cc1C(N)=O)CN(CC(C)(C)O)CC2. The van der Waals surface area contributed by atoms with E-state index in [-0.39, 0.29) is 0 Å². The Morgan fingerprint density at radius 3 is 2.70 bits per heavy atom. The molecule has 1 aromatic rings. The molecule has 1 aromatic carbocycles. The average Bonchev–Trinajstić information content (AvgIpc) is 2.35. The van der Waals surface area contributed by atoms with Crippen molar-refractivity contribution in [3.63, 3.8) is 0 Å². The van der Waals surface area contributed by atoms with Gasteiger partial charge in [0.1, 0.15) is 5.75 Å². The quantitative estimate of drug-likeness (QED) is 0.859. The van der Waals surface area contributed by atoms with Crippen LogP contribution >= 0.6 is 0 Å². The van der Waals surface area contributed by atoms with Gasteiger partial charge >= 0.3 is 0 Å². The van der Waals surface area contributed by atoms with E-state index < -0.39 is 11.5 Å². The van der Waals surface area contributed by atoms with Gasteiger partial charge in [0.05, 0.1) is 18.3 Å². The molecule has 5 heteroatoms. The van der Waals surface area contributed by atoms with Crippen molar-refractivity contribution in [1.82, 2.24) is 4.90 Å². The molecule has 1 aliphatic heterocycles. The summed E-state index contributed by atoms with van der Waals surface area (Å²) in [4.78, 5) is 13.6. The second-order valence-electron chi connectivity index (χ2n) is 5.96. The summed E-state index contributed by atoms with van der Waals surface area (Å²) in [5.74, 6) is 0.0523. The highest BCUT2D eigenvalue weighted by atomic mass is 16.5. The molecular formula is C15H22N2O3. The maximum Gasteiger partial charge on any atom is 0.252 e. The van der Waals surface area contributed by atoms with Gasteiger partial charge in [0.25, 0.3) is 5.91 Å². The van der Waals surface area contributed by atoms with Crippen molar-refractivity contribution in [2.75, 3.05) is 20.2 Å². The molecule has 0 fully saturated rings. The number of carbonyl (C=O) groups excluding carboxylic acids is 1. The van der Waals surface area contributed by atoms with Crippen LogP contribution in [0.3, 0.4) is 0 Å². The van der Waals surface area contributed by atoms with Crippen molar-refractivity contribution in [3.05, 3.63) is 28.8 Å². The minimum absolute atomic E-state index is 0.413. The zero-order chi connectivity index (χ0) is 14.9. The topological polar surface area (TPSA) is 75.8 Å². The number of methoxy groups -OCH3 is 1. The predicted molar refractivity (Wildman–Crippen MR) is 76.8 cm³/mol. The lowest BCUT2D eigenvalue weighted by atomic mass is 9.95.